The summed E-state index contributed by atoms with van der Waals surface area (Å²) in [5.41, 5.74) is 0.282. The lowest BCUT2D eigenvalue weighted by Gasteiger charge is -2.36. The summed E-state index contributed by atoms with van der Waals surface area (Å²) in [5, 5.41) is 5.12. The van der Waals surface area contributed by atoms with Crippen molar-refractivity contribution in [2.24, 2.45) is 5.92 Å². The van der Waals surface area contributed by atoms with Crippen molar-refractivity contribution in [1.29, 1.82) is 0 Å². The van der Waals surface area contributed by atoms with Crippen molar-refractivity contribution in [2.45, 2.75) is 44.6 Å². The molecule has 2 aliphatic rings. The van der Waals surface area contributed by atoms with Crippen molar-refractivity contribution in [3.05, 3.63) is 30.1 Å². The van der Waals surface area contributed by atoms with Crippen molar-refractivity contribution in [1.82, 2.24) is 10.2 Å². The van der Waals surface area contributed by atoms with Crippen LogP contribution in [0.1, 0.15) is 38.5 Å². The zero-order valence-electron chi connectivity index (χ0n) is 14.5. The number of anilines is 1. The van der Waals surface area contributed by atoms with E-state index in [2.05, 4.69) is 15.5 Å². The number of benzene rings is 1. The van der Waals surface area contributed by atoms with E-state index in [1.165, 1.54) is 43.9 Å². The van der Waals surface area contributed by atoms with Gasteiger partial charge in [-0.05, 0) is 62.9 Å². The monoisotopic (exact) mass is 347 g/mol. The van der Waals surface area contributed by atoms with Gasteiger partial charge in [-0.15, -0.1) is 0 Å². The Morgan fingerprint density at radius 3 is 2.48 bits per heavy atom. The molecule has 5 nitrogen and oxygen atoms in total. The van der Waals surface area contributed by atoms with Crippen LogP contribution in [0.3, 0.4) is 0 Å². The van der Waals surface area contributed by atoms with E-state index >= 15 is 0 Å². The Morgan fingerprint density at radius 2 is 1.80 bits per heavy atom. The van der Waals surface area contributed by atoms with Gasteiger partial charge in [0.05, 0.1) is 0 Å². The van der Waals surface area contributed by atoms with E-state index in [0.717, 1.165) is 32.0 Å². The maximum atomic E-state index is 13.1. The molecule has 0 bridgehead atoms. The maximum absolute atomic E-state index is 13.1. The van der Waals surface area contributed by atoms with Gasteiger partial charge in [-0.25, -0.2) is 4.39 Å². The van der Waals surface area contributed by atoms with Gasteiger partial charge >= 0.3 is 11.8 Å². The second-order valence-corrected chi connectivity index (χ2v) is 7.09. The molecule has 3 rings (SSSR count). The van der Waals surface area contributed by atoms with E-state index in [4.69, 9.17) is 0 Å². The second kappa shape index (κ2) is 8.43. The third-order valence-corrected chi connectivity index (χ3v) is 5.33. The number of halogens is 1. The Morgan fingerprint density at radius 1 is 1.08 bits per heavy atom. The summed E-state index contributed by atoms with van der Waals surface area (Å²) in [6.07, 6.45) is 7.45. The first-order valence-corrected chi connectivity index (χ1v) is 9.20. The number of hydrogen-bond acceptors (Lipinski definition) is 3. The number of carbonyl (C=O) groups excluding carboxylic acids is 2. The highest BCUT2D eigenvalue weighted by Crippen LogP contribution is 2.27. The molecule has 2 amide bonds. The Hall–Kier alpha value is -1.95. The van der Waals surface area contributed by atoms with Gasteiger partial charge in [0.2, 0.25) is 0 Å². The highest BCUT2D eigenvalue weighted by atomic mass is 19.1. The number of rotatable bonds is 4. The van der Waals surface area contributed by atoms with Gasteiger partial charge in [-0.3, -0.25) is 9.59 Å². The zero-order valence-corrected chi connectivity index (χ0v) is 14.5. The summed E-state index contributed by atoms with van der Waals surface area (Å²) in [5.74, 6) is -1.45. The minimum Gasteiger partial charge on any atom is -0.348 e. The fourth-order valence-corrected chi connectivity index (χ4v) is 3.86. The molecule has 1 saturated heterocycles. The molecule has 0 unspecified atom stereocenters. The van der Waals surface area contributed by atoms with Crippen LogP contribution in [0.4, 0.5) is 10.1 Å². The number of likely N-dealkylation sites (tertiary alicyclic amines) is 1. The van der Waals surface area contributed by atoms with Crippen LogP contribution in [-0.4, -0.2) is 42.4 Å². The molecular formula is C19H26FN3O2. The Bertz CT molecular complexity index is 608. The molecule has 1 aliphatic heterocycles. The van der Waals surface area contributed by atoms with E-state index in [0.29, 0.717) is 12.5 Å². The fraction of sp³-hybridized carbons (Fsp3) is 0.579. The maximum Gasteiger partial charge on any atom is 0.313 e. The predicted molar refractivity (Wildman–Crippen MR) is 94.6 cm³/mol. The number of hydrogen-bond donors (Lipinski definition) is 2. The molecule has 2 fully saturated rings. The normalized spacial score (nSPS) is 19.7. The van der Waals surface area contributed by atoms with Crippen molar-refractivity contribution in [2.75, 3.05) is 25.0 Å². The lowest BCUT2D eigenvalue weighted by molar-refractivity contribution is -0.136. The van der Waals surface area contributed by atoms with E-state index in [1.807, 2.05) is 0 Å². The molecule has 1 aromatic carbocycles. The fourth-order valence-electron chi connectivity index (χ4n) is 3.86. The van der Waals surface area contributed by atoms with Crippen LogP contribution in [0.15, 0.2) is 24.3 Å². The van der Waals surface area contributed by atoms with E-state index in [-0.39, 0.29) is 5.69 Å². The molecule has 0 spiro atoms. The Kier molecular flexibility index (Phi) is 6.02. The van der Waals surface area contributed by atoms with Gasteiger partial charge < -0.3 is 15.5 Å². The lowest BCUT2D eigenvalue weighted by atomic mass is 9.95. The minimum atomic E-state index is -0.756. The second-order valence-electron chi connectivity index (χ2n) is 7.09. The first-order chi connectivity index (χ1) is 12.1. The van der Waals surface area contributed by atoms with Crippen LogP contribution in [0.2, 0.25) is 0 Å². The van der Waals surface area contributed by atoms with Crippen LogP contribution >= 0.6 is 0 Å². The SMILES string of the molecule is O=C(NCC1CCN(C2CCCC2)CC1)C(=O)Nc1cccc(F)c1. The first-order valence-electron chi connectivity index (χ1n) is 9.20. The number of nitrogens with zero attached hydrogens (tertiary/aromatic N) is 1. The van der Waals surface area contributed by atoms with Crippen molar-refractivity contribution >= 4 is 17.5 Å². The third kappa shape index (κ3) is 5.01. The van der Waals surface area contributed by atoms with Gasteiger partial charge in [-0.2, -0.15) is 0 Å². The number of amides is 2. The topological polar surface area (TPSA) is 61.4 Å². The van der Waals surface area contributed by atoms with Crippen LogP contribution < -0.4 is 10.6 Å². The number of carbonyl (C=O) groups is 2. The summed E-state index contributed by atoms with van der Waals surface area (Å²) in [6, 6.07) is 6.26. The predicted octanol–water partition coefficient (Wildman–Crippen LogP) is 2.54. The van der Waals surface area contributed by atoms with E-state index in [9.17, 15) is 14.0 Å². The van der Waals surface area contributed by atoms with Gasteiger partial charge in [0.1, 0.15) is 5.82 Å². The first kappa shape index (κ1) is 17.9. The van der Waals surface area contributed by atoms with E-state index in [1.54, 1.807) is 6.07 Å². The number of piperidine rings is 1. The zero-order chi connectivity index (χ0) is 17.6. The smallest absolute Gasteiger partial charge is 0.313 e. The summed E-state index contributed by atoms with van der Waals surface area (Å²) < 4.78 is 13.1. The molecule has 1 saturated carbocycles. The molecule has 25 heavy (non-hydrogen) atoms. The van der Waals surface area contributed by atoms with Gasteiger partial charge in [0.15, 0.2) is 0 Å². The third-order valence-electron chi connectivity index (χ3n) is 5.33. The molecule has 1 heterocycles. The molecule has 0 radical (unpaired) electrons. The average molecular weight is 347 g/mol. The van der Waals surface area contributed by atoms with Crippen molar-refractivity contribution in [3.63, 3.8) is 0 Å². The summed E-state index contributed by atoms with van der Waals surface area (Å²) in [6.45, 7) is 2.69. The quantitative estimate of drug-likeness (QED) is 0.823. The van der Waals surface area contributed by atoms with Crippen LogP contribution in [0.5, 0.6) is 0 Å². The van der Waals surface area contributed by atoms with Crippen LogP contribution in [0.25, 0.3) is 0 Å². The Labute approximate surface area is 148 Å². The summed E-state index contributed by atoms with van der Waals surface area (Å²) >= 11 is 0. The molecule has 1 aliphatic carbocycles. The lowest BCUT2D eigenvalue weighted by Crippen LogP contribution is -2.44. The van der Waals surface area contributed by atoms with Crippen LogP contribution in [-0.2, 0) is 9.59 Å². The average Bonchev–Trinajstić information content (AvgIpc) is 3.14. The molecule has 0 atom stereocenters. The molecular weight excluding hydrogens is 321 g/mol. The largest absolute Gasteiger partial charge is 0.348 e. The molecule has 0 aromatic heterocycles. The standard InChI is InChI=1S/C19H26FN3O2/c20-15-4-3-5-16(12-15)22-19(25)18(24)21-13-14-8-10-23(11-9-14)17-6-1-2-7-17/h3-5,12,14,17H,1-2,6-11,13H2,(H,21,24)(H,22,25). The molecule has 6 heteroatoms. The highest BCUT2D eigenvalue weighted by Gasteiger charge is 2.27. The van der Waals surface area contributed by atoms with Crippen molar-refractivity contribution < 1.29 is 14.0 Å². The molecule has 1 aromatic rings. The van der Waals surface area contributed by atoms with Gasteiger partial charge in [0, 0.05) is 18.3 Å². The highest BCUT2D eigenvalue weighted by molar-refractivity contribution is 6.39. The summed E-state index contributed by atoms with van der Waals surface area (Å²) in [7, 11) is 0. The van der Waals surface area contributed by atoms with Gasteiger partial charge in [0.25, 0.3) is 0 Å². The van der Waals surface area contributed by atoms with E-state index < -0.39 is 17.6 Å². The molecule has 136 valence electrons. The Balaban J connectivity index is 1.38. The number of nitrogens with one attached hydrogen (secondary N) is 2. The summed E-state index contributed by atoms with van der Waals surface area (Å²) in [4.78, 5) is 26.4. The van der Waals surface area contributed by atoms with Crippen molar-refractivity contribution in [3.8, 4) is 0 Å². The van der Waals surface area contributed by atoms with Gasteiger partial charge in [-0.1, -0.05) is 18.9 Å². The van der Waals surface area contributed by atoms with Crippen LogP contribution in [0, 0.1) is 11.7 Å². The molecule has 2 N–H and O–H groups in total. The minimum absolute atomic E-state index is 0.282.